The van der Waals surface area contributed by atoms with Gasteiger partial charge in [0.25, 0.3) is 0 Å². The van der Waals surface area contributed by atoms with Gasteiger partial charge >= 0.3 is 0 Å². The molecule has 1 spiro atoms. The largest absolute Gasteiger partial charge is 0.504 e. The molecule has 0 bridgehead atoms. The van der Waals surface area contributed by atoms with E-state index in [0.717, 1.165) is 18.4 Å². The summed E-state index contributed by atoms with van der Waals surface area (Å²) in [6.45, 7) is 10.1. The molecule has 4 rings (SSSR count). The Morgan fingerprint density at radius 3 is 2.46 bits per heavy atom. The monoisotopic (exact) mass is 328 g/mol. The number of hydrogen-bond acceptors (Lipinski definition) is 4. The number of rotatable bonds is 0. The molecule has 4 nitrogen and oxygen atoms in total. The number of fused-ring (bicyclic) bond motifs is 3. The van der Waals surface area contributed by atoms with E-state index in [4.69, 9.17) is 0 Å². The number of aliphatic hydroxyl groups excluding tert-OH is 2. The minimum Gasteiger partial charge on any atom is -0.504 e. The molecule has 4 aliphatic carbocycles. The predicted octanol–water partition coefficient (Wildman–Crippen LogP) is 2.89. The Morgan fingerprint density at radius 2 is 1.88 bits per heavy atom. The Bertz CT molecular complexity index is 758. The van der Waals surface area contributed by atoms with Crippen LogP contribution in [-0.2, 0) is 9.59 Å². The molecule has 24 heavy (non-hydrogen) atoms. The van der Waals surface area contributed by atoms with Crippen molar-refractivity contribution in [1.82, 2.24) is 0 Å². The van der Waals surface area contributed by atoms with E-state index < -0.39 is 22.7 Å². The van der Waals surface area contributed by atoms with Gasteiger partial charge in [-0.2, -0.15) is 0 Å². The summed E-state index contributed by atoms with van der Waals surface area (Å²) in [6.07, 6.45) is 2.82. The normalized spacial score (nSPS) is 47.5. The van der Waals surface area contributed by atoms with Crippen molar-refractivity contribution in [2.45, 2.75) is 46.1 Å². The molecular formula is C20H24O4. The van der Waals surface area contributed by atoms with Gasteiger partial charge in [-0.15, -0.1) is 0 Å². The van der Waals surface area contributed by atoms with E-state index in [2.05, 4.69) is 13.5 Å². The summed E-state index contributed by atoms with van der Waals surface area (Å²) in [5.74, 6) is -0.935. The molecule has 0 amide bonds. The molecule has 0 aromatic carbocycles. The lowest BCUT2D eigenvalue weighted by Gasteiger charge is -2.52. The van der Waals surface area contributed by atoms with Crippen LogP contribution >= 0.6 is 0 Å². The average molecular weight is 328 g/mol. The second-order valence-electron chi connectivity index (χ2n) is 8.44. The van der Waals surface area contributed by atoms with E-state index in [1.807, 2.05) is 13.8 Å². The lowest BCUT2D eigenvalue weighted by atomic mass is 9.52. The van der Waals surface area contributed by atoms with Crippen LogP contribution in [-0.4, -0.2) is 27.9 Å². The predicted molar refractivity (Wildman–Crippen MR) is 89.1 cm³/mol. The third kappa shape index (κ3) is 1.58. The van der Waals surface area contributed by atoms with Gasteiger partial charge in [0, 0.05) is 22.5 Å². The number of hydrogen-bond donors (Lipinski definition) is 2. The highest BCUT2D eigenvalue weighted by Gasteiger charge is 2.68. The van der Waals surface area contributed by atoms with E-state index in [9.17, 15) is 19.8 Å². The van der Waals surface area contributed by atoms with Gasteiger partial charge in [0.05, 0.1) is 6.10 Å². The van der Waals surface area contributed by atoms with Gasteiger partial charge in [0.1, 0.15) is 5.41 Å². The third-order valence-electron chi connectivity index (χ3n) is 7.15. The summed E-state index contributed by atoms with van der Waals surface area (Å²) in [5.41, 5.74) is 0.0474. The Labute approximate surface area is 141 Å². The summed E-state index contributed by atoms with van der Waals surface area (Å²) < 4.78 is 0. The van der Waals surface area contributed by atoms with Gasteiger partial charge in [0.15, 0.2) is 11.5 Å². The molecule has 2 fully saturated rings. The van der Waals surface area contributed by atoms with E-state index in [1.165, 1.54) is 0 Å². The van der Waals surface area contributed by atoms with Crippen molar-refractivity contribution in [3.63, 3.8) is 0 Å². The summed E-state index contributed by atoms with van der Waals surface area (Å²) in [4.78, 5) is 25.8. The summed E-state index contributed by atoms with van der Waals surface area (Å²) in [5, 5.41) is 21.5. The molecule has 2 saturated carbocycles. The standard InChI is InChI=1S/C20H24O4/c1-9-5-6-19(4)14(11(9)3)13(21)7-12-15(19)16(22)18(24)20(17(12)23)8-10(20)2/h7,9-10,13-14,21-22H,3,5-6,8H2,1-2,4H3/t9-,10+,13-,14-,19+,20-/m1/s1. The second-order valence-corrected chi connectivity index (χ2v) is 8.44. The average Bonchev–Trinajstić information content (AvgIpc) is 3.19. The lowest BCUT2D eigenvalue weighted by Crippen LogP contribution is -2.51. The summed E-state index contributed by atoms with van der Waals surface area (Å²) >= 11 is 0. The fraction of sp³-hybridized carbons (Fsp3) is 0.600. The Morgan fingerprint density at radius 1 is 1.25 bits per heavy atom. The van der Waals surface area contributed by atoms with Gasteiger partial charge in [0.2, 0.25) is 5.78 Å². The third-order valence-corrected chi connectivity index (χ3v) is 7.15. The molecule has 0 aromatic heterocycles. The fourth-order valence-electron chi connectivity index (χ4n) is 5.42. The second kappa shape index (κ2) is 4.48. The first-order valence-electron chi connectivity index (χ1n) is 8.78. The number of Topliss-reactive ketones (excluding diaryl/α,β-unsaturated/α-hetero) is 2. The Hall–Kier alpha value is -1.68. The molecule has 0 radical (unpaired) electrons. The van der Waals surface area contributed by atoms with Gasteiger partial charge in [-0.05, 0) is 37.2 Å². The van der Waals surface area contributed by atoms with Crippen LogP contribution in [0.3, 0.4) is 0 Å². The van der Waals surface area contributed by atoms with Crippen LogP contribution in [0.4, 0.5) is 0 Å². The van der Waals surface area contributed by atoms with Crippen LogP contribution in [0.25, 0.3) is 0 Å². The zero-order valence-corrected chi connectivity index (χ0v) is 14.4. The maximum atomic E-state index is 13.1. The van der Waals surface area contributed by atoms with Crippen molar-refractivity contribution in [3.8, 4) is 0 Å². The van der Waals surface area contributed by atoms with Crippen LogP contribution in [0.5, 0.6) is 0 Å². The highest BCUT2D eigenvalue weighted by Crippen LogP contribution is 2.64. The molecule has 0 heterocycles. The Kier molecular flexibility index (Phi) is 2.96. The molecule has 4 heteroatoms. The molecule has 0 aliphatic heterocycles. The van der Waals surface area contributed by atoms with Gasteiger partial charge in [-0.1, -0.05) is 32.9 Å². The topological polar surface area (TPSA) is 74.6 Å². The highest BCUT2D eigenvalue weighted by molar-refractivity contribution is 6.26. The highest BCUT2D eigenvalue weighted by atomic mass is 16.3. The van der Waals surface area contributed by atoms with Crippen molar-refractivity contribution in [1.29, 1.82) is 0 Å². The molecule has 4 aliphatic rings. The van der Waals surface area contributed by atoms with Gasteiger partial charge in [-0.25, -0.2) is 0 Å². The molecule has 0 saturated heterocycles. The van der Waals surface area contributed by atoms with Crippen molar-refractivity contribution in [3.05, 3.63) is 35.1 Å². The fourth-order valence-corrected chi connectivity index (χ4v) is 5.42. The van der Waals surface area contributed by atoms with Crippen molar-refractivity contribution < 1.29 is 19.8 Å². The van der Waals surface area contributed by atoms with Crippen LogP contribution in [0, 0.1) is 28.6 Å². The van der Waals surface area contributed by atoms with Crippen molar-refractivity contribution >= 4 is 11.6 Å². The molecule has 6 atom stereocenters. The zero-order valence-electron chi connectivity index (χ0n) is 14.4. The lowest BCUT2D eigenvalue weighted by molar-refractivity contribution is -0.134. The minimum absolute atomic E-state index is 0.0499. The number of aliphatic hydroxyl groups is 2. The SMILES string of the molecule is C=C1[C@H](C)CC[C@]2(C)C3=C(O)C(=O)[C@@]4(C[C@@H]4C)C(=O)C3=C[C@@H](O)[C@@H]12. The van der Waals surface area contributed by atoms with Crippen LogP contribution < -0.4 is 0 Å². The summed E-state index contributed by atoms with van der Waals surface area (Å²) in [7, 11) is 0. The molecule has 0 aromatic rings. The van der Waals surface area contributed by atoms with Gasteiger partial charge < -0.3 is 10.2 Å². The molecule has 128 valence electrons. The molecule has 0 unspecified atom stereocenters. The van der Waals surface area contributed by atoms with E-state index in [0.29, 0.717) is 17.6 Å². The Balaban J connectivity index is 1.95. The number of ketones is 2. The van der Waals surface area contributed by atoms with Crippen LogP contribution in [0.1, 0.15) is 40.0 Å². The van der Waals surface area contributed by atoms with Crippen LogP contribution in [0.2, 0.25) is 0 Å². The van der Waals surface area contributed by atoms with E-state index in [1.54, 1.807) is 6.08 Å². The van der Waals surface area contributed by atoms with Gasteiger partial charge in [-0.3, -0.25) is 9.59 Å². The smallest absolute Gasteiger partial charge is 0.211 e. The minimum atomic E-state index is -1.08. The van der Waals surface area contributed by atoms with E-state index in [-0.39, 0.29) is 29.3 Å². The molecule has 2 N–H and O–H groups in total. The van der Waals surface area contributed by atoms with E-state index >= 15 is 0 Å². The summed E-state index contributed by atoms with van der Waals surface area (Å²) in [6, 6.07) is 0. The first kappa shape index (κ1) is 15.8. The number of carbonyl (C=O) groups excluding carboxylic acids is 2. The van der Waals surface area contributed by atoms with Crippen molar-refractivity contribution in [2.24, 2.45) is 28.6 Å². The number of allylic oxidation sites excluding steroid dienone is 3. The number of carbonyl (C=O) groups is 2. The molecular weight excluding hydrogens is 304 g/mol. The van der Waals surface area contributed by atoms with Crippen molar-refractivity contribution in [2.75, 3.05) is 0 Å². The quantitative estimate of drug-likeness (QED) is 0.530. The maximum Gasteiger partial charge on any atom is 0.211 e. The first-order valence-corrected chi connectivity index (χ1v) is 8.78. The maximum absolute atomic E-state index is 13.1. The van der Waals surface area contributed by atoms with Crippen LogP contribution in [0.15, 0.2) is 35.1 Å². The first-order chi connectivity index (χ1) is 11.2. The zero-order chi connectivity index (χ0) is 17.6.